The van der Waals surface area contributed by atoms with E-state index in [1.165, 1.54) is 6.33 Å². The fourth-order valence-corrected chi connectivity index (χ4v) is 1.22. The van der Waals surface area contributed by atoms with Gasteiger partial charge in [-0.1, -0.05) is 16.8 Å². The van der Waals surface area contributed by atoms with Crippen molar-refractivity contribution >= 4 is 23.1 Å². The minimum absolute atomic E-state index is 0.208. The lowest BCUT2D eigenvalue weighted by atomic mass is 10.4. The van der Waals surface area contributed by atoms with Gasteiger partial charge in [0.25, 0.3) is 0 Å². The second-order valence-corrected chi connectivity index (χ2v) is 3.37. The number of nitrogens with one attached hydrogen (secondary N) is 1. The number of rotatable bonds is 3. The van der Waals surface area contributed by atoms with Crippen molar-refractivity contribution in [2.75, 3.05) is 11.1 Å². The number of hydrogen-bond acceptors (Lipinski definition) is 7. The van der Waals surface area contributed by atoms with Crippen LogP contribution in [0.5, 0.6) is 0 Å². The van der Waals surface area contributed by atoms with E-state index in [2.05, 4.69) is 25.4 Å². The maximum absolute atomic E-state index is 5.73. The SMILES string of the molecule is Cc1noc(CNc2ncnc(Cl)c2N)n1. The van der Waals surface area contributed by atoms with Crippen molar-refractivity contribution in [1.29, 1.82) is 0 Å². The molecule has 0 unspecified atom stereocenters. The van der Waals surface area contributed by atoms with E-state index in [1.54, 1.807) is 6.92 Å². The summed E-state index contributed by atoms with van der Waals surface area (Å²) in [5, 5.41) is 6.79. The van der Waals surface area contributed by atoms with Gasteiger partial charge in [-0.25, -0.2) is 9.97 Å². The van der Waals surface area contributed by atoms with Crippen LogP contribution in [0.4, 0.5) is 11.5 Å². The summed E-state index contributed by atoms with van der Waals surface area (Å²) < 4.78 is 4.92. The zero-order valence-corrected chi connectivity index (χ0v) is 9.19. The molecule has 0 saturated heterocycles. The average Bonchev–Trinajstić information content (AvgIpc) is 2.67. The lowest BCUT2D eigenvalue weighted by Crippen LogP contribution is -2.05. The van der Waals surface area contributed by atoms with Gasteiger partial charge in [0.15, 0.2) is 16.8 Å². The quantitative estimate of drug-likeness (QED) is 0.772. The fourth-order valence-electron chi connectivity index (χ4n) is 1.09. The van der Waals surface area contributed by atoms with Gasteiger partial charge in [-0.15, -0.1) is 0 Å². The first kappa shape index (κ1) is 10.6. The van der Waals surface area contributed by atoms with Gasteiger partial charge in [0.1, 0.15) is 12.0 Å². The largest absolute Gasteiger partial charge is 0.393 e. The Balaban J connectivity index is 2.07. The maximum Gasteiger partial charge on any atom is 0.245 e. The van der Waals surface area contributed by atoms with Crippen LogP contribution in [0, 0.1) is 6.92 Å². The van der Waals surface area contributed by atoms with Gasteiger partial charge in [-0.3, -0.25) is 0 Å². The van der Waals surface area contributed by atoms with Crippen molar-refractivity contribution in [3.8, 4) is 0 Å². The molecule has 0 aliphatic carbocycles. The standard InChI is InChI=1S/C8H9ClN6O/c1-4-14-5(16-15-4)2-11-8-6(10)7(9)12-3-13-8/h3H,2,10H2,1H3,(H,11,12,13). The summed E-state index contributed by atoms with van der Waals surface area (Å²) >= 11 is 5.73. The number of halogens is 1. The number of hydrogen-bond donors (Lipinski definition) is 2. The van der Waals surface area contributed by atoms with Gasteiger partial charge >= 0.3 is 0 Å². The van der Waals surface area contributed by atoms with Crippen molar-refractivity contribution < 1.29 is 4.52 Å². The molecule has 8 heteroatoms. The average molecular weight is 241 g/mol. The summed E-state index contributed by atoms with van der Waals surface area (Å²) in [5.41, 5.74) is 5.96. The Bertz CT molecular complexity index is 499. The number of aryl methyl sites for hydroxylation is 1. The van der Waals surface area contributed by atoms with E-state index in [9.17, 15) is 0 Å². The van der Waals surface area contributed by atoms with E-state index in [1.807, 2.05) is 0 Å². The van der Waals surface area contributed by atoms with E-state index < -0.39 is 0 Å². The van der Waals surface area contributed by atoms with Gasteiger partial charge in [0.05, 0.1) is 6.54 Å². The zero-order chi connectivity index (χ0) is 11.5. The van der Waals surface area contributed by atoms with Crippen LogP contribution in [0.1, 0.15) is 11.7 Å². The molecule has 0 aliphatic rings. The van der Waals surface area contributed by atoms with Crippen LogP contribution in [0.3, 0.4) is 0 Å². The van der Waals surface area contributed by atoms with Crippen molar-refractivity contribution in [3.63, 3.8) is 0 Å². The summed E-state index contributed by atoms with van der Waals surface area (Å²) in [5.74, 6) is 1.47. The van der Waals surface area contributed by atoms with Crippen molar-refractivity contribution in [1.82, 2.24) is 20.1 Å². The maximum atomic E-state index is 5.73. The molecule has 84 valence electrons. The van der Waals surface area contributed by atoms with E-state index in [0.717, 1.165) is 0 Å². The van der Waals surface area contributed by atoms with Gasteiger partial charge in [0.2, 0.25) is 5.89 Å². The van der Waals surface area contributed by atoms with Gasteiger partial charge in [0, 0.05) is 0 Å². The summed E-state index contributed by atoms with van der Waals surface area (Å²) in [4.78, 5) is 11.7. The smallest absolute Gasteiger partial charge is 0.245 e. The molecule has 7 nitrogen and oxygen atoms in total. The predicted molar refractivity (Wildman–Crippen MR) is 57.8 cm³/mol. The second kappa shape index (κ2) is 4.31. The lowest BCUT2D eigenvalue weighted by Gasteiger charge is -2.05. The number of nitrogen functional groups attached to an aromatic ring is 1. The molecule has 0 atom stereocenters. The van der Waals surface area contributed by atoms with E-state index in [0.29, 0.717) is 29.8 Å². The zero-order valence-electron chi connectivity index (χ0n) is 8.44. The molecule has 0 amide bonds. The van der Waals surface area contributed by atoms with Crippen LogP contribution in [-0.4, -0.2) is 20.1 Å². The predicted octanol–water partition coefficient (Wildman–Crippen LogP) is 1.02. The highest BCUT2D eigenvalue weighted by Gasteiger charge is 2.07. The van der Waals surface area contributed by atoms with Crippen molar-refractivity contribution in [2.45, 2.75) is 13.5 Å². The van der Waals surface area contributed by atoms with Crippen LogP contribution in [-0.2, 0) is 6.54 Å². The molecule has 2 heterocycles. The number of nitrogens with two attached hydrogens (primary N) is 1. The van der Waals surface area contributed by atoms with E-state index in [-0.39, 0.29) is 5.15 Å². The first-order valence-corrected chi connectivity index (χ1v) is 4.83. The molecular formula is C8H9ClN6O. The van der Waals surface area contributed by atoms with Crippen molar-refractivity contribution in [2.24, 2.45) is 0 Å². The summed E-state index contributed by atoms with van der Waals surface area (Å²) in [6, 6.07) is 0. The molecule has 2 rings (SSSR count). The minimum Gasteiger partial charge on any atom is -0.393 e. The molecule has 0 spiro atoms. The summed E-state index contributed by atoms with van der Waals surface area (Å²) in [6.45, 7) is 2.07. The normalized spacial score (nSPS) is 10.4. The summed E-state index contributed by atoms with van der Waals surface area (Å²) in [6.07, 6.45) is 1.32. The highest BCUT2D eigenvalue weighted by Crippen LogP contribution is 2.22. The number of aromatic nitrogens is 4. The Hall–Kier alpha value is -1.89. The molecule has 0 bridgehead atoms. The van der Waals surface area contributed by atoms with Gasteiger partial charge < -0.3 is 15.6 Å². The molecule has 2 aromatic rings. The number of nitrogens with zero attached hydrogens (tertiary/aromatic N) is 4. The third-order valence-electron chi connectivity index (χ3n) is 1.81. The first-order valence-electron chi connectivity index (χ1n) is 4.46. The molecule has 16 heavy (non-hydrogen) atoms. The Morgan fingerprint density at radius 1 is 1.50 bits per heavy atom. The third-order valence-corrected chi connectivity index (χ3v) is 2.11. The second-order valence-electron chi connectivity index (χ2n) is 3.02. The molecular weight excluding hydrogens is 232 g/mol. The molecule has 0 aromatic carbocycles. The topological polar surface area (TPSA) is 103 Å². The fraction of sp³-hybridized carbons (Fsp3) is 0.250. The number of anilines is 2. The Morgan fingerprint density at radius 2 is 2.31 bits per heavy atom. The third kappa shape index (κ3) is 2.19. The summed E-state index contributed by atoms with van der Waals surface area (Å²) in [7, 11) is 0. The highest BCUT2D eigenvalue weighted by atomic mass is 35.5. The lowest BCUT2D eigenvalue weighted by molar-refractivity contribution is 0.379. The van der Waals surface area contributed by atoms with Crippen LogP contribution in [0.25, 0.3) is 0 Å². The van der Waals surface area contributed by atoms with Crippen LogP contribution < -0.4 is 11.1 Å². The Labute approximate surface area is 96.0 Å². The van der Waals surface area contributed by atoms with Crippen LogP contribution in [0.2, 0.25) is 5.15 Å². The molecule has 3 N–H and O–H groups in total. The molecule has 0 fully saturated rings. The van der Waals surface area contributed by atoms with Gasteiger partial charge in [-0.2, -0.15) is 4.98 Å². The van der Waals surface area contributed by atoms with E-state index >= 15 is 0 Å². The van der Waals surface area contributed by atoms with Crippen molar-refractivity contribution in [3.05, 3.63) is 23.2 Å². The minimum atomic E-state index is 0.208. The Kier molecular flexibility index (Phi) is 2.86. The highest BCUT2D eigenvalue weighted by molar-refractivity contribution is 6.32. The van der Waals surface area contributed by atoms with Gasteiger partial charge in [-0.05, 0) is 6.92 Å². The molecule has 0 saturated carbocycles. The molecule has 0 radical (unpaired) electrons. The monoisotopic (exact) mass is 240 g/mol. The van der Waals surface area contributed by atoms with E-state index in [4.69, 9.17) is 21.9 Å². The first-order chi connectivity index (χ1) is 7.66. The Morgan fingerprint density at radius 3 is 3.00 bits per heavy atom. The molecule has 2 aromatic heterocycles. The van der Waals surface area contributed by atoms with Crippen LogP contribution in [0.15, 0.2) is 10.9 Å². The molecule has 0 aliphatic heterocycles. The van der Waals surface area contributed by atoms with Crippen LogP contribution >= 0.6 is 11.6 Å².